The summed E-state index contributed by atoms with van der Waals surface area (Å²) < 4.78 is 11.1. The number of hydrogen-bond donors (Lipinski definition) is 0. The molecule has 0 radical (unpaired) electrons. The molecule has 0 spiro atoms. The van der Waals surface area contributed by atoms with Crippen molar-refractivity contribution >= 4 is 23.2 Å². The molecule has 2 rings (SSSR count). The number of alkyl halides is 1. The maximum atomic E-state index is 6.22. The molecule has 19 heavy (non-hydrogen) atoms. The lowest BCUT2D eigenvalue weighted by Crippen LogP contribution is -2.05. The largest absolute Gasteiger partial charge is 0.493 e. The summed E-state index contributed by atoms with van der Waals surface area (Å²) in [7, 11) is 1.62. The number of ether oxygens (including phenoxy) is 2. The van der Waals surface area contributed by atoms with Crippen molar-refractivity contribution in [1.82, 2.24) is 0 Å². The molecule has 1 saturated carbocycles. The summed E-state index contributed by atoms with van der Waals surface area (Å²) in [6, 6.07) is 3.71. The first kappa shape index (κ1) is 14.8. The van der Waals surface area contributed by atoms with Crippen LogP contribution in [0.3, 0.4) is 0 Å². The molecule has 0 amide bonds. The number of methoxy groups -OCH3 is 1. The Balaban J connectivity index is 1.98. The van der Waals surface area contributed by atoms with E-state index in [1.807, 2.05) is 12.1 Å². The van der Waals surface area contributed by atoms with Gasteiger partial charge >= 0.3 is 0 Å². The van der Waals surface area contributed by atoms with Gasteiger partial charge in [0.1, 0.15) is 0 Å². The Labute approximate surface area is 125 Å². The van der Waals surface area contributed by atoms with E-state index >= 15 is 0 Å². The smallest absolute Gasteiger partial charge is 0.179 e. The fourth-order valence-corrected chi connectivity index (χ4v) is 3.06. The van der Waals surface area contributed by atoms with Crippen LogP contribution in [0, 0.1) is 5.92 Å². The van der Waals surface area contributed by atoms with Gasteiger partial charge in [-0.05, 0) is 30.0 Å². The summed E-state index contributed by atoms with van der Waals surface area (Å²) in [6.07, 6.45) is 6.48. The van der Waals surface area contributed by atoms with Crippen molar-refractivity contribution in [1.29, 1.82) is 0 Å². The van der Waals surface area contributed by atoms with E-state index in [9.17, 15) is 0 Å². The van der Waals surface area contributed by atoms with Gasteiger partial charge in [-0.25, -0.2) is 0 Å². The Kier molecular flexibility index (Phi) is 5.65. The summed E-state index contributed by atoms with van der Waals surface area (Å²) in [4.78, 5) is 0. The second-order valence-corrected chi connectivity index (χ2v) is 5.70. The van der Waals surface area contributed by atoms with E-state index in [4.69, 9.17) is 32.7 Å². The van der Waals surface area contributed by atoms with Gasteiger partial charge in [0.05, 0.1) is 18.7 Å². The molecule has 0 unspecified atom stereocenters. The first-order valence-corrected chi connectivity index (χ1v) is 7.71. The minimum atomic E-state index is 0.415. The van der Waals surface area contributed by atoms with E-state index in [-0.39, 0.29) is 0 Å². The highest BCUT2D eigenvalue weighted by molar-refractivity contribution is 6.32. The van der Waals surface area contributed by atoms with Crippen molar-refractivity contribution < 1.29 is 9.47 Å². The van der Waals surface area contributed by atoms with Crippen LogP contribution >= 0.6 is 23.2 Å². The lowest BCUT2D eigenvalue weighted by molar-refractivity contribution is 0.265. The SMILES string of the molecule is COc1cc(CCl)cc(Cl)c1OCCC1CCCC1. The Morgan fingerprint density at radius 3 is 2.63 bits per heavy atom. The van der Waals surface area contributed by atoms with Gasteiger partial charge in [-0.3, -0.25) is 0 Å². The zero-order valence-corrected chi connectivity index (χ0v) is 12.8. The third-order valence-corrected chi connectivity index (χ3v) is 4.28. The molecule has 0 N–H and O–H groups in total. The van der Waals surface area contributed by atoms with Crippen LogP contribution < -0.4 is 9.47 Å². The summed E-state index contributed by atoms with van der Waals surface area (Å²) in [6.45, 7) is 0.695. The van der Waals surface area contributed by atoms with Gasteiger partial charge in [-0.2, -0.15) is 0 Å². The summed E-state index contributed by atoms with van der Waals surface area (Å²) in [5.74, 6) is 2.52. The van der Waals surface area contributed by atoms with Gasteiger partial charge in [0, 0.05) is 5.88 Å². The van der Waals surface area contributed by atoms with Gasteiger partial charge in [0.25, 0.3) is 0 Å². The van der Waals surface area contributed by atoms with Crippen molar-refractivity contribution in [3.8, 4) is 11.5 Å². The predicted molar refractivity (Wildman–Crippen MR) is 79.6 cm³/mol. The molecule has 106 valence electrons. The average Bonchev–Trinajstić information content (AvgIpc) is 2.93. The third kappa shape index (κ3) is 3.93. The van der Waals surface area contributed by atoms with Crippen LogP contribution in [-0.2, 0) is 5.88 Å². The molecule has 1 aliphatic rings. The third-order valence-electron chi connectivity index (χ3n) is 3.69. The molecule has 0 bridgehead atoms. The lowest BCUT2D eigenvalue weighted by Gasteiger charge is -2.15. The Bertz CT molecular complexity index is 415. The van der Waals surface area contributed by atoms with Crippen molar-refractivity contribution in [2.75, 3.05) is 13.7 Å². The maximum Gasteiger partial charge on any atom is 0.179 e. The van der Waals surface area contributed by atoms with Crippen molar-refractivity contribution in [2.45, 2.75) is 38.0 Å². The average molecular weight is 303 g/mol. The van der Waals surface area contributed by atoms with Crippen molar-refractivity contribution in [3.05, 3.63) is 22.7 Å². The van der Waals surface area contributed by atoms with Crippen molar-refractivity contribution in [2.24, 2.45) is 5.92 Å². The Hall–Kier alpha value is -0.600. The van der Waals surface area contributed by atoms with E-state index < -0.39 is 0 Å². The molecule has 0 aromatic heterocycles. The normalized spacial score (nSPS) is 15.7. The van der Waals surface area contributed by atoms with Crippen LogP contribution in [0.5, 0.6) is 11.5 Å². The molecule has 0 saturated heterocycles. The molecule has 4 heteroatoms. The molecular weight excluding hydrogens is 283 g/mol. The van der Waals surface area contributed by atoms with Gasteiger partial charge in [-0.1, -0.05) is 37.3 Å². The van der Waals surface area contributed by atoms with Crippen LogP contribution in [0.1, 0.15) is 37.7 Å². The Morgan fingerprint density at radius 1 is 1.26 bits per heavy atom. The van der Waals surface area contributed by atoms with E-state index in [1.54, 1.807) is 7.11 Å². The van der Waals surface area contributed by atoms with E-state index in [0.29, 0.717) is 29.0 Å². The monoisotopic (exact) mass is 302 g/mol. The zero-order chi connectivity index (χ0) is 13.7. The molecular formula is C15H20Cl2O2. The highest BCUT2D eigenvalue weighted by atomic mass is 35.5. The quantitative estimate of drug-likeness (QED) is 0.685. The number of halogens is 2. The zero-order valence-electron chi connectivity index (χ0n) is 11.3. The molecule has 1 fully saturated rings. The van der Waals surface area contributed by atoms with Crippen LogP contribution in [0.25, 0.3) is 0 Å². The number of hydrogen-bond acceptors (Lipinski definition) is 2. The minimum absolute atomic E-state index is 0.415. The predicted octanol–water partition coefficient (Wildman–Crippen LogP) is 5.05. The maximum absolute atomic E-state index is 6.22. The highest BCUT2D eigenvalue weighted by Crippen LogP contribution is 2.37. The van der Waals surface area contributed by atoms with E-state index in [0.717, 1.165) is 17.9 Å². The molecule has 0 aliphatic heterocycles. The molecule has 1 aliphatic carbocycles. The van der Waals surface area contributed by atoms with Gasteiger partial charge in [-0.15, -0.1) is 11.6 Å². The molecule has 0 heterocycles. The molecule has 0 atom stereocenters. The lowest BCUT2D eigenvalue weighted by atomic mass is 10.1. The summed E-state index contributed by atoms with van der Waals surface area (Å²) >= 11 is 12.0. The summed E-state index contributed by atoms with van der Waals surface area (Å²) in [5.41, 5.74) is 0.937. The number of rotatable bonds is 6. The van der Waals surface area contributed by atoms with Crippen LogP contribution in [0.4, 0.5) is 0 Å². The van der Waals surface area contributed by atoms with E-state index in [2.05, 4.69) is 0 Å². The van der Waals surface area contributed by atoms with Crippen molar-refractivity contribution in [3.63, 3.8) is 0 Å². The van der Waals surface area contributed by atoms with Gasteiger partial charge in [0.15, 0.2) is 11.5 Å². The van der Waals surface area contributed by atoms with Crippen LogP contribution in [-0.4, -0.2) is 13.7 Å². The first-order chi connectivity index (χ1) is 9.24. The Morgan fingerprint density at radius 2 is 2.00 bits per heavy atom. The summed E-state index contributed by atoms with van der Waals surface area (Å²) in [5, 5.41) is 0.571. The standard InChI is InChI=1S/C15H20Cl2O2/c1-18-14-9-12(10-16)8-13(17)15(14)19-7-6-11-4-2-3-5-11/h8-9,11H,2-7,10H2,1H3. The number of benzene rings is 1. The molecule has 1 aromatic carbocycles. The van der Waals surface area contributed by atoms with E-state index in [1.165, 1.54) is 25.7 Å². The fourth-order valence-electron chi connectivity index (χ4n) is 2.62. The van der Waals surface area contributed by atoms with Crippen LogP contribution in [0.2, 0.25) is 5.02 Å². The topological polar surface area (TPSA) is 18.5 Å². The highest BCUT2D eigenvalue weighted by Gasteiger charge is 2.16. The fraction of sp³-hybridized carbons (Fsp3) is 0.600. The minimum Gasteiger partial charge on any atom is -0.493 e. The first-order valence-electron chi connectivity index (χ1n) is 6.79. The second-order valence-electron chi connectivity index (χ2n) is 5.03. The van der Waals surface area contributed by atoms with Gasteiger partial charge < -0.3 is 9.47 Å². The van der Waals surface area contributed by atoms with Crippen LogP contribution in [0.15, 0.2) is 12.1 Å². The van der Waals surface area contributed by atoms with Gasteiger partial charge in [0.2, 0.25) is 0 Å². The molecule has 1 aromatic rings. The second kappa shape index (κ2) is 7.25. The molecule has 2 nitrogen and oxygen atoms in total.